The van der Waals surface area contributed by atoms with Gasteiger partial charge in [0.05, 0.1) is 22.5 Å². The van der Waals surface area contributed by atoms with Crippen molar-refractivity contribution in [3.63, 3.8) is 0 Å². The van der Waals surface area contributed by atoms with Gasteiger partial charge in [0.15, 0.2) is 27.0 Å². The van der Waals surface area contributed by atoms with Crippen LogP contribution in [0.15, 0.2) is 35.4 Å². The molecule has 0 spiro atoms. The summed E-state index contributed by atoms with van der Waals surface area (Å²) in [7, 11) is -2.28. The molecule has 3 N–H and O–H groups in total. The lowest BCUT2D eigenvalue weighted by atomic mass is 10.2. The van der Waals surface area contributed by atoms with Gasteiger partial charge < -0.3 is 15.7 Å². The average Bonchev–Trinajstić information content (AvgIpc) is 3.42. The van der Waals surface area contributed by atoms with Crippen molar-refractivity contribution in [3.8, 4) is 6.07 Å². The number of benzene rings is 1. The number of sulfone groups is 1. The molecule has 12 heteroatoms. The summed E-state index contributed by atoms with van der Waals surface area (Å²) in [6.45, 7) is 0. The molecule has 0 bridgehead atoms. The Bertz CT molecular complexity index is 1340. The van der Waals surface area contributed by atoms with Crippen molar-refractivity contribution in [1.29, 1.82) is 5.26 Å². The second kappa shape index (κ2) is 7.44. The Morgan fingerprint density at radius 2 is 2.06 bits per heavy atom. The summed E-state index contributed by atoms with van der Waals surface area (Å²) in [6.07, 6.45) is 3.30. The van der Waals surface area contributed by atoms with Crippen LogP contribution in [0.4, 0.5) is 27.7 Å². The maximum atomic E-state index is 12.1. The monoisotopic (exact) mass is 441 g/mol. The van der Waals surface area contributed by atoms with E-state index >= 15 is 0 Å². The summed E-state index contributed by atoms with van der Waals surface area (Å²) in [6, 6.07) is 8.26. The van der Waals surface area contributed by atoms with Crippen molar-refractivity contribution < 1.29 is 18.3 Å². The molecule has 2 heterocycles. The Kier molecular flexibility index (Phi) is 4.90. The second-order valence-electron chi connectivity index (χ2n) is 7.31. The highest BCUT2D eigenvalue weighted by molar-refractivity contribution is 7.90. The first kappa shape index (κ1) is 20.4. The number of nitrogens with zero attached hydrogens (tertiary/aromatic N) is 5. The molecule has 11 nitrogen and oxygen atoms in total. The SMILES string of the molecule is CN(C(=O)O)c1cc(Nc2cc(NC3CC3)c3ncc(C#N)n3n2)cc(S(C)(=O)=O)c1. The summed E-state index contributed by atoms with van der Waals surface area (Å²) >= 11 is 0. The fourth-order valence-corrected chi connectivity index (χ4v) is 3.66. The van der Waals surface area contributed by atoms with Crippen molar-refractivity contribution in [2.24, 2.45) is 0 Å². The molecule has 0 radical (unpaired) electrons. The zero-order valence-electron chi connectivity index (χ0n) is 16.7. The van der Waals surface area contributed by atoms with Crippen LogP contribution in [0.5, 0.6) is 0 Å². The van der Waals surface area contributed by atoms with Gasteiger partial charge in [-0.15, -0.1) is 5.10 Å². The predicted molar refractivity (Wildman–Crippen MR) is 114 cm³/mol. The van der Waals surface area contributed by atoms with Gasteiger partial charge in [0.25, 0.3) is 0 Å². The van der Waals surface area contributed by atoms with E-state index in [2.05, 4.69) is 20.7 Å². The standard InChI is InChI=1S/C19H19N7O4S/c1-25(19(27)28)13-5-12(6-15(7-13)31(2,29)30)23-17-8-16(22-11-3-4-11)18-21-10-14(9-20)26(18)24-17/h5-8,10-11,22H,3-4H2,1-2H3,(H,23,24)(H,27,28). The minimum Gasteiger partial charge on any atom is -0.465 e. The quantitative estimate of drug-likeness (QED) is 0.523. The summed E-state index contributed by atoms with van der Waals surface area (Å²) < 4.78 is 25.6. The van der Waals surface area contributed by atoms with Crippen LogP contribution in [-0.2, 0) is 9.84 Å². The maximum Gasteiger partial charge on any atom is 0.411 e. The van der Waals surface area contributed by atoms with Crippen LogP contribution in [0.3, 0.4) is 0 Å². The van der Waals surface area contributed by atoms with Gasteiger partial charge in [-0.2, -0.15) is 9.78 Å². The van der Waals surface area contributed by atoms with E-state index in [1.54, 1.807) is 6.07 Å². The molecule has 0 atom stereocenters. The van der Waals surface area contributed by atoms with Crippen LogP contribution in [0, 0.1) is 11.3 Å². The Labute approximate surface area is 177 Å². The minimum atomic E-state index is -3.60. The van der Waals surface area contributed by atoms with E-state index in [1.807, 2.05) is 6.07 Å². The molecule has 31 heavy (non-hydrogen) atoms. The Balaban J connectivity index is 1.80. The van der Waals surface area contributed by atoms with E-state index in [4.69, 9.17) is 0 Å². The van der Waals surface area contributed by atoms with Crippen LogP contribution in [-0.4, -0.2) is 53.6 Å². The van der Waals surface area contributed by atoms with Crippen molar-refractivity contribution in [2.45, 2.75) is 23.8 Å². The van der Waals surface area contributed by atoms with Gasteiger partial charge in [-0.05, 0) is 31.0 Å². The van der Waals surface area contributed by atoms with Crippen LogP contribution in [0.1, 0.15) is 18.5 Å². The van der Waals surface area contributed by atoms with Gasteiger partial charge in [0, 0.05) is 31.1 Å². The third-order valence-electron chi connectivity index (χ3n) is 4.79. The Morgan fingerprint density at radius 1 is 1.32 bits per heavy atom. The number of rotatable bonds is 6. The van der Waals surface area contributed by atoms with E-state index in [1.165, 1.54) is 36.0 Å². The van der Waals surface area contributed by atoms with Gasteiger partial charge in [-0.25, -0.2) is 18.2 Å². The summed E-state index contributed by atoms with van der Waals surface area (Å²) in [4.78, 5) is 16.5. The van der Waals surface area contributed by atoms with E-state index < -0.39 is 15.9 Å². The van der Waals surface area contributed by atoms with E-state index in [9.17, 15) is 23.6 Å². The first-order valence-corrected chi connectivity index (χ1v) is 11.2. The molecule has 1 fully saturated rings. The Morgan fingerprint density at radius 3 is 2.68 bits per heavy atom. The lowest BCUT2D eigenvalue weighted by molar-refractivity contribution is 0.203. The molecule has 1 amide bonds. The fraction of sp³-hybridized carbons (Fsp3) is 0.263. The largest absolute Gasteiger partial charge is 0.465 e. The van der Waals surface area contributed by atoms with Crippen molar-refractivity contribution in [1.82, 2.24) is 14.6 Å². The first-order valence-electron chi connectivity index (χ1n) is 9.30. The predicted octanol–water partition coefficient (Wildman–Crippen LogP) is 2.44. The van der Waals surface area contributed by atoms with E-state index in [-0.39, 0.29) is 16.3 Å². The van der Waals surface area contributed by atoms with Crippen LogP contribution in [0.2, 0.25) is 0 Å². The zero-order valence-corrected chi connectivity index (χ0v) is 17.5. The number of carbonyl (C=O) groups is 1. The number of nitrogens with one attached hydrogen (secondary N) is 2. The molecule has 1 aromatic carbocycles. The topological polar surface area (TPSA) is 153 Å². The van der Waals surface area contributed by atoms with Gasteiger partial charge in [0.1, 0.15) is 6.07 Å². The number of hydrogen-bond acceptors (Lipinski definition) is 8. The third kappa shape index (κ3) is 4.22. The molecule has 160 valence electrons. The number of imidazole rings is 1. The normalized spacial score (nSPS) is 13.6. The first-order chi connectivity index (χ1) is 14.7. The smallest absolute Gasteiger partial charge is 0.411 e. The minimum absolute atomic E-state index is 0.0432. The second-order valence-corrected chi connectivity index (χ2v) is 9.32. The average molecular weight is 441 g/mol. The van der Waals surface area contributed by atoms with Crippen molar-refractivity contribution in [2.75, 3.05) is 28.8 Å². The lowest BCUT2D eigenvalue weighted by Gasteiger charge is -2.17. The van der Waals surface area contributed by atoms with Gasteiger partial charge in [-0.1, -0.05) is 0 Å². The van der Waals surface area contributed by atoms with Crippen LogP contribution >= 0.6 is 0 Å². The fourth-order valence-electron chi connectivity index (χ4n) is 2.98. The number of nitriles is 1. The molecular weight excluding hydrogens is 422 g/mol. The van der Waals surface area contributed by atoms with E-state index in [0.717, 1.165) is 24.0 Å². The summed E-state index contributed by atoms with van der Waals surface area (Å²) in [5.41, 5.74) is 1.94. The lowest BCUT2D eigenvalue weighted by Crippen LogP contribution is -2.24. The van der Waals surface area contributed by atoms with Gasteiger partial charge in [0.2, 0.25) is 0 Å². The van der Waals surface area contributed by atoms with Gasteiger partial charge in [-0.3, -0.25) is 4.90 Å². The zero-order chi connectivity index (χ0) is 22.3. The van der Waals surface area contributed by atoms with Crippen LogP contribution < -0.4 is 15.5 Å². The number of fused-ring (bicyclic) bond motifs is 1. The molecular formula is C19H19N7O4S. The number of amides is 1. The molecule has 3 aromatic rings. The highest BCUT2D eigenvalue weighted by Gasteiger charge is 2.23. The molecule has 1 aliphatic carbocycles. The Hall–Kier alpha value is -3.85. The summed E-state index contributed by atoms with van der Waals surface area (Å²) in [5.74, 6) is 0.333. The number of hydrogen-bond donors (Lipinski definition) is 3. The van der Waals surface area contributed by atoms with E-state index in [0.29, 0.717) is 28.9 Å². The van der Waals surface area contributed by atoms with Crippen molar-refractivity contribution >= 4 is 44.5 Å². The molecule has 0 saturated heterocycles. The third-order valence-corrected chi connectivity index (χ3v) is 5.88. The highest BCUT2D eigenvalue weighted by atomic mass is 32.2. The van der Waals surface area contributed by atoms with Crippen molar-refractivity contribution in [3.05, 3.63) is 36.2 Å². The molecule has 4 rings (SSSR count). The highest BCUT2D eigenvalue weighted by Crippen LogP contribution is 2.31. The molecule has 1 aliphatic rings. The van der Waals surface area contributed by atoms with Gasteiger partial charge >= 0.3 is 6.09 Å². The molecule has 1 saturated carbocycles. The molecule has 0 aliphatic heterocycles. The number of anilines is 4. The molecule has 0 unspecified atom stereocenters. The number of aromatic nitrogens is 3. The molecule has 2 aromatic heterocycles. The maximum absolute atomic E-state index is 12.1. The number of carboxylic acid groups (broad SMARTS) is 1. The van der Waals surface area contributed by atoms with Crippen LogP contribution in [0.25, 0.3) is 5.65 Å². The summed E-state index contributed by atoms with van der Waals surface area (Å²) in [5, 5.41) is 29.4.